The van der Waals surface area contributed by atoms with Gasteiger partial charge in [-0.2, -0.15) is 5.10 Å². The smallest absolute Gasteiger partial charge is 0.164 e. The van der Waals surface area contributed by atoms with Crippen LogP contribution in [0.3, 0.4) is 0 Å². The van der Waals surface area contributed by atoms with Crippen LogP contribution in [-0.4, -0.2) is 49.2 Å². The van der Waals surface area contributed by atoms with Crippen molar-refractivity contribution in [3.8, 4) is 0 Å². The lowest BCUT2D eigenvalue weighted by molar-refractivity contribution is 0.369. The van der Waals surface area contributed by atoms with Crippen LogP contribution in [0.2, 0.25) is 0 Å². The molecule has 0 saturated heterocycles. The number of aromatic nitrogens is 5. The molecule has 29 heavy (non-hydrogen) atoms. The molecule has 148 valence electrons. The van der Waals surface area contributed by atoms with E-state index < -0.39 is 0 Å². The van der Waals surface area contributed by atoms with Crippen molar-refractivity contribution >= 4 is 27.9 Å². The summed E-state index contributed by atoms with van der Waals surface area (Å²) in [5.41, 5.74) is 12.8. The summed E-state index contributed by atoms with van der Waals surface area (Å²) in [6.45, 7) is 6.17. The second-order valence-electron chi connectivity index (χ2n) is 7.85. The van der Waals surface area contributed by atoms with Crippen LogP contribution in [-0.2, 0) is 0 Å². The van der Waals surface area contributed by atoms with Gasteiger partial charge in [-0.1, -0.05) is 12.1 Å². The van der Waals surface area contributed by atoms with E-state index in [4.69, 9.17) is 10.8 Å². The molecule has 0 fully saturated rings. The third kappa shape index (κ3) is 2.81. The molecule has 7 nitrogen and oxygen atoms in total. The third-order valence-electron chi connectivity index (χ3n) is 5.94. The Labute approximate surface area is 169 Å². The van der Waals surface area contributed by atoms with E-state index >= 15 is 0 Å². The minimum absolute atomic E-state index is 0.0101. The molecule has 4 aromatic rings. The van der Waals surface area contributed by atoms with Crippen LogP contribution >= 0.6 is 0 Å². The van der Waals surface area contributed by atoms with Gasteiger partial charge in [-0.3, -0.25) is 0 Å². The molecule has 2 N–H and O–H groups in total. The van der Waals surface area contributed by atoms with Crippen molar-refractivity contribution in [2.45, 2.75) is 26.3 Å². The number of nitrogen functional groups attached to an aromatic ring is 1. The van der Waals surface area contributed by atoms with Crippen LogP contribution in [0.5, 0.6) is 0 Å². The highest BCUT2D eigenvalue weighted by molar-refractivity contribution is 5.88. The van der Waals surface area contributed by atoms with E-state index in [1.54, 1.807) is 0 Å². The maximum absolute atomic E-state index is 6.11. The topological polar surface area (TPSA) is 77.3 Å². The number of hydrogen-bond acceptors (Lipinski definition) is 5. The number of hydrogen-bond donors (Lipinski definition) is 1. The summed E-state index contributed by atoms with van der Waals surface area (Å²) in [5, 5.41) is 5.63. The number of nitrogens with two attached hydrogens (primary N) is 1. The zero-order valence-corrected chi connectivity index (χ0v) is 17.0. The summed E-state index contributed by atoms with van der Waals surface area (Å²) in [5.74, 6) is 0.478. The van der Waals surface area contributed by atoms with Gasteiger partial charge in [-0.15, -0.1) is 0 Å². The third-order valence-corrected chi connectivity index (χ3v) is 5.94. The van der Waals surface area contributed by atoms with Crippen LogP contribution in [0.4, 0.5) is 5.82 Å². The Morgan fingerprint density at radius 1 is 1.21 bits per heavy atom. The lowest BCUT2D eigenvalue weighted by atomic mass is 9.98. The Hall–Kier alpha value is -3.19. The maximum atomic E-state index is 6.11. The Balaban J connectivity index is 1.72. The molecular weight excluding hydrogens is 362 g/mol. The van der Waals surface area contributed by atoms with E-state index in [-0.39, 0.29) is 6.04 Å². The van der Waals surface area contributed by atoms with Crippen LogP contribution in [0.15, 0.2) is 42.9 Å². The fraction of sp³-hybridized carbons (Fsp3) is 0.318. The first kappa shape index (κ1) is 17.9. The second kappa shape index (κ2) is 6.70. The molecule has 1 aliphatic rings. The minimum Gasteiger partial charge on any atom is -0.383 e. The minimum atomic E-state index is 0.0101. The Kier molecular flexibility index (Phi) is 4.13. The summed E-state index contributed by atoms with van der Waals surface area (Å²) >= 11 is 0. The van der Waals surface area contributed by atoms with Gasteiger partial charge in [0.25, 0.3) is 0 Å². The number of pyridine rings is 1. The van der Waals surface area contributed by atoms with Crippen molar-refractivity contribution in [3.63, 3.8) is 0 Å². The molecule has 1 unspecified atom stereocenters. The average Bonchev–Trinajstić information content (AvgIpc) is 3.27. The maximum Gasteiger partial charge on any atom is 0.164 e. The number of fused-ring (bicyclic) bond motifs is 2. The van der Waals surface area contributed by atoms with E-state index in [0.29, 0.717) is 5.82 Å². The highest BCUT2D eigenvalue weighted by atomic mass is 15.3. The summed E-state index contributed by atoms with van der Waals surface area (Å²) in [4.78, 5) is 11.0. The molecule has 0 spiro atoms. The normalized spacial score (nSPS) is 16.4. The van der Waals surface area contributed by atoms with Crippen molar-refractivity contribution in [1.29, 1.82) is 0 Å². The van der Waals surface area contributed by atoms with Gasteiger partial charge in [0.15, 0.2) is 5.65 Å². The Morgan fingerprint density at radius 3 is 2.86 bits per heavy atom. The largest absolute Gasteiger partial charge is 0.383 e. The second-order valence-corrected chi connectivity index (χ2v) is 7.85. The van der Waals surface area contributed by atoms with Gasteiger partial charge >= 0.3 is 0 Å². The van der Waals surface area contributed by atoms with E-state index in [9.17, 15) is 0 Å². The molecule has 0 amide bonds. The SMILES string of the molecule is Cc1nn(C(C)c2cc3ccccn3c2C2=CCN(C)CC2)c2ncnc(N)c12. The van der Waals surface area contributed by atoms with Crippen molar-refractivity contribution in [3.05, 3.63) is 59.8 Å². The molecule has 0 aromatic carbocycles. The van der Waals surface area contributed by atoms with Crippen molar-refractivity contribution < 1.29 is 0 Å². The van der Waals surface area contributed by atoms with Gasteiger partial charge in [0.2, 0.25) is 0 Å². The molecule has 5 rings (SSSR count). The molecule has 0 aliphatic carbocycles. The molecule has 4 aromatic heterocycles. The van der Waals surface area contributed by atoms with Crippen LogP contribution in [0.25, 0.3) is 22.1 Å². The lowest BCUT2D eigenvalue weighted by Crippen LogP contribution is -2.24. The molecule has 0 radical (unpaired) electrons. The lowest BCUT2D eigenvalue weighted by Gasteiger charge is -2.24. The van der Waals surface area contributed by atoms with Crippen molar-refractivity contribution in [1.82, 2.24) is 29.0 Å². The van der Waals surface area contributed by atoms with Crippen LogP contribution in [0.1, 0.15) is 36.3 Å². The molecule has 7 heteroatoms. The highest BCUT2D eigenvalue weighted by Gasteiger charge is 2.24. The molecule has 0 saturated carbocycles. The van der Waals surface area contributed by atoms with E-state index in [2.05, 4.69) is 69.8 Å². The Bertz CT molecular complexity index is 1250. The van der Waals surface area contributed by atoms with Crippen molar-refractivity contribution in [2.24, 2.45) is 0 Å². The number of aryl methyl sites for hydroxylation is 1. The quantitative estimate of drug-likeness (QED) is 0.584. The summed E-state index contributed by atoms with van der Waals surface area (Å²) in [7, 11) is 2.16. The number of anilines is 1. The molecule has 5 heterocycles. The molecule has 0 bridgehead atoms. The van der Waals surface area contributed by atoms with Gasteiger partial charge in [0, 0.05) is 30.4 Å². The monoisotopic (exact) mass is 387 g/mol. The first-order chi connectivity index (χ1) is 14.0. The van der Waals surface area contributed by atoms with Gasteiger partial charge in [-0.05, 0) is 51.1 Å². The predicted octanol–water partition coefficient (Wildman–Crippen LogP) is 3.30. The molecular formula is C22H25N7. The van der Waals surface area contributed by atoms with Gasteiger partial charge < -0.3 is 15.0 Å². The first-order valence-corrected chi connectivity index (χ1v) is 9.98. The van der Waals surface area contributed by atoms with Crippen molar-refractivity contribution in [2.75, 3.05) is 25.9 Å². The average molecular weight is 387 g/mol. The fourth-order valence-corrected chi connectivity index (χ4v) is 4.36. The van der Waals surface area contributed by atoms with E-state index in [1.807, 2.05) is 11.6 Å². The zero-order valence-electron chi connectivity index (χ0n) is 17.0. The van der Waals surface area contributed by atoms with Gasteiger partial charge in [0.05, 0.1) is 22.8 Å². The highest BCUT2D eigenvalue weighted by Crippen LogP contribution is 2.35. The zero-order chi connectivity index (χ0) is 20.1. The molecule has 1 atom stereocenters. The fourth-order valence-electron chi connectivity index (χ4n) is 4.36. The van der Waals surface area contributed by atoms with E-state index in [0.717, 1.165) is 36.2 Å². The molecule has 1 aliphatic heterocycles. The first-order valence-electron chi connectivity index (χ1n) is 9.98. The number of likely N-dealkylation sites (N-methyl/N-ethyl adjacent to an activating group) is 1. The van der Waals surface area contributed by atoms with E-state index in [1.165, 1.54) is 28.7 Å². The number of rotatable bonds is 3. The Morgan fingerprint density at radius 2 is 2.07 bits per heavy atom. The standard InChI is InChI=1S/C22H25N7/c1-14-19-21(23)24-13-25-22(19)29(26-14)15(2)18-12-17-6-4-5-9-28(17)20(18)16-7-10-27(3)11-8-16/h4-7,9,12-13,15H,8,10-11H2,1-3H3,(H2,23,24,25). The van der Waals surface area contributed by atoms with Gasteiger partial charge in [-0.25, -0.2) is 14.6 Å². The summed E-state index contributed by atoms with van der Waals surface area (Å²) in [6, 6.07) is 8.60. The van der Waals surface area contributed by atoms with Gasteiger partial charge in [0.1, 0.15) is 12.1 Å². The van der Waals surface area contributed by atoms with Crippen LogP contribution in [0, 0.1) is 6.92 Å². The van der Waals surface area contributed by atoms with Crippen LogP contribution < -0.4 is 5.73 Å². The summed E-state index contributed by atoms with van der Waals surface area (Å²) < 4.78 is 4.28. The predicted molar refractivity (Wildman–Crippen MR) is 116 cm³/mol. The number of nitrogens with zero attached hydrogens (tertiary/aromatic N) is 6. The summed E-state index contributed by atoms with van der Waals surface area (Å²) in [6.07, 6.45) is 7.04.